The maximum atomic E-state index is 9.14. The monoisotopic (exact) mass is 230 g/mol. The molecule has 90 valence electrons. The molecule has 0 amide bonds. The van der Waals surface area contributed by atoms with E-state index in [-0.39, 0.29) is 0 Å². The molecule has 2 atom stereocenters. The molecule has 17 heavy (non-hydrogen) atoms. The number of pyridine rings is 1. The number of aryl methyl sites for hydroxylation is 1. The van der Waals surface area contributed by atoms with Crippen molar-refractivity contribution < 1.29 is 0 Å². The van der Waals surface area contributed by atoms with Gasteiger partial charge in [0.25, 0.3) is 0 Å². The van der Waals surface area contributed by atoms with Crippen LogP contribution < -0.4 is 10.6 Å². The van der Waals surface area contributed by atoms with Gasteiger partial charge in [-0.05, 0) is 44.9 Å². The summed E-state index contributed by atoms with van der Waals surface area (Å²) in [6.07, 6.45) is 1.08. The van der Waals surface area contributed by atoms with Gasteiger partial charge in [-0.15, -0.1) is 0 Å². The molecular formula is C13H18N4. The molecule has 0 aromatic carbocycles. The van der Waals surface area contributed by atoms with Crippen molar-refractivity contribution in [2.45, 2.75) is 26.3 Å². The van der Waals surface area contributed by atoms with Gasteiger partial charge in [0, 0.05) is 18.3 Å². The average molecular weight is 230 g/mol. The van der Waals surface area contributed by atoms with E-state index in [1.54, 1.807) is 0 Å². The van der Waals surface area contributed by atoms with Gasteiger partial charge in [-0.25, -0.2) is 4.98 Å². The Balaban J connectivity index is 2.34. The van der Waals surface area contributed by atoms with Crippen LogP contribution in [0.25, 0.3) is 0 Å². The third-order valence-corrected chi connectivity index (χ3v) is 3.40. The molecule has 1 aromatic rings. The molecule has 2 N–H and O–H groups in total. The van der Waals surface area contributed by atoms with Crippen molar-refractivity contribution in [1.82, 2.24) is 4.98 Å². The zero-order valence-corrected chi connectivity index (χ0v) is 10.3. The average Bonchev–Trinajstić information content (AvgIpc) is 2.70. The first-order valence-corrected chi connectivity index (χ1v) is 6.00. The van der Waals surface area contributed by atoms with Crippen molar-refractivity contribution in [2.24, 2.45) is 11.7 Å². The Morgan fingerprint density at radius 2 is 2.35 bits per heavy atom. The molecule has 2 rings (SSSR count). The summed E-state index contributed by atoms with van der Waals surface area (Å²) in [6.45, 7) is 5.73. The molecule has 0 aliphatic carbocycles. The summed E-state index contributed by atoms with van der Waals surface area (Å²) in [4.78, 5) is 6.72. The highest BCUT2D eigenvalue weighted by molar-refractivity contribution is 5.55. The predicted molar refractivity (Wildman–Crippen MR) is 67.7 cm³/mol. The Kier molecular flexibility index (Phi) is 3.30. The quantitative estimate of drug-likeness (QED) is 0.834. The van der Waals surface area contributed by atoms with Gasteiger partial charge in [0.15, 0.2) is 0 Å². The van der Waals surface area contributed by atoms with Crippen LogP contribution in [0.3, 0.4) is 0 Å². The number of hydrogen-bond acceptors (Lipinski definition) is 4. The molecule has 1 fully saturated rings. The van der Waals surface area contributed by atoms with E-state index in [0.717, 1.165) is 24.5 Å². The summed E-state index contributed by atoms with van der Waals surface area (Å²) in [5.74, 6) is 1.33. The summed E-state index contributed by atoms with van der Waals surface area (Å²) in [6, 6.07) is 6.35. The fourth-order valence-corrected chi connectivity index (χ4v) is 2.46. The highest BCUT2D eigenvalue weighted by Gasteiger charge is 2.30. The van der Waals surface area contributed by atoms with Crippen LogP contribution in [0.2, 0.25) is 0 Å². The number of nitrogens with zero attached hydrogens (tertiary/aromatic N) is 3. The van der Waals surface area contributed by atoms with E-state index < -0.39 is 0 Å². The third kappa shape index (κ3) is 2.25. The summed E-state index contributed by atoms with van der Waals surface area (Å²) in [5, 5.41) is 9.14. The van der Waals surface area contributed by atoms with Gasteiger partial charge in [0.1, 0.15) is 11.9 Å². The Hall–Kier alpha value is -1.60. The molecule has 0 saturated carbocycles. The van der Waals surface area contributed by atoms with Crippen LogP contribution in [0.4, 0.5) is 5.82 Å². The number of anilines is 1. The fourth-order valence-electron chi connectivity index (χ4n) is 2.46. The van der Waals surface area contributed by atoms with Gasteiger partial charge in [0.2, 0.25) is 0 Å². The molecule has 0 radical (unpaired) electrons. The first-order valence-electron chi connectivity index (χ1n) is 6.00. The van der Waals surface area contributed by atoms with Crippen molar-refractivity contribution in [1.29, 1.82) is 5.26 Å². The summed E-state index contributed by atoms with van der Waals surface area (Å²) >= 11 is 0. The van der Waals surface area contributed by atoms with E-state index in [2.05, 4.69) is 22.9 Å². The zero-order chi connectivity index (χ0) is 12.4. The summed E-state index contributed by atoms with van der Waals surface area (Å²) < 4.78 is 0. The van der Waals surface area contributed by atoms with Crippen LogP contribution >= 0.6 is 0 Å². The Labute approximate surface area is 102 Å². The second-order valence-corrected chi connectivity index (χ2v) is 4.77. The molecule has 1 aliphatic rings. The first kappa shape index (κ1) is 11.9. The largest absolute Gasteiger partial charge is 0.352 e. The van der Waals surface area contributed by atoms with E-state index in [1.807, 2.05) is 19.1 Å². The molecule has 4 heteroatoms. The van der Waals surface area contributed by atoms with Gasteiger partial charge >= 0.3 is 0 Å². The lowest BCUT2D eigenvalue weighted by molar-refractivity contribution is 0.579. The molecule has 0 spiro atoms. The lowest BCUT2D eigenvalue weighted by atomic mass is 10.1. The standard InChI is InChI=1S/C13H18N4/c1-9-3-4-12(7-15)13(16-9)17-8-11(6-14)5-10(17)2/h3-4,10-11H,5-6,8,14H2,1-2H3. The van der Waals surface area contributed by atoms with Crippen LogP contribution in [0.15, 0.2) is 12.1 Å². The normalized spacial score (nSPS) is 23.8. The third-order valence-electron chi connectivity index (χ3n) is 3.40. The van der Waals surface area contributed by atoms with Crippen LogP contribution in [0.1, 0.15) is 24.6 Å². The van der Waals surface area contributed by atoms with Crippen LogP contribution in [-0.4, -0.2) is 24.1 Å². The van der Waals surface area contributed by atoms with E-state index >= 15 is 0 Å². The molecular weight excluding hydrogens is 212 g/mol. The van der Waals surface area contributed by atoms with E-state index in [9.17, 15) is 0 Å². The number of nitriles is 1. The minimum atomic E-state index is 0.407. The second-order valence-electron chi connectivity index (χ2n) is 4.77. The van der Waals surface area contributed by atoms with Crippen LogP contribution in [-0.2, 0) is 0 Å². The van der Waals surface area contributed by atoms with Crippen LogP contribution in [0, 0.1) is 24.2 Å². The zero-order valence-electron chi connectivity index (χ0n) is 10.3. The highest BCUT2D eigenvalue weighted by atomic mass is 15.2. The van der Waals surface area contributed by atoms with E-state index in [1.165, 1.54) is 0 Å². The first-order chi connectivity index (χ1) is 8.15. The van der Waals surface area contributed by atoms with E-state index in [0.29, 0.717) is 24.1 Å². The van der Waals surface area contributed by atoms with Crippen molar-refractivity contribution in [3.63, 3.8) is 0 Å². The maximum absolute atomic E-state index is 9.14. The van der Waals surface area contributed by atoms with Gasteiger partial charge in [-0.2, -0.15) is 5.26 Å². The van der Waals surface area contributed by atoms with Crippen LogP contribution in [0.5, 0.6) is 0 Å². The molecule has 1 aromatic heterocycles. The minimum absolute atomic E-state index is 0.407. The Morgan fingerprint density at radius 3 is 2.94 bits per heavy atom. The predicted octanol–water partition coefficient (Wildman–Crippen LogP) is 1.44. The SMILES string of the molecule is Cc1ccc(C#N)c(N2CC(CN)CC2C)n1. The smallest absolute Gasteiger partial charge is 0.147 e. The summed E-state index contributed by atoms with van der Waals surface area (Å²) in [5.41, 5.74) is 7.32. The second kappa shape index (κ2) is 4.72. The topological polar surface area (TPSA) is 65.9 Å². The van der Waals surface area contributed by atoms with Crippen molar-refractivity contribution in [3.8, 4) is 6.07 Å². The fraction of sp³-hybridized carbons (Fsp3) is 0.538. The minimum Gasteiger partial charge on any atom is -0.352 e. The van der Waals surface area contributed by atoms with Crippen molar-refractivity contribution in [2.75, 3.05) is 18.0 Å². The van der Waals surface area contributed by atoms with E-state index in [4.69, 9.17) is 11.0 Å². The highest BCUT2D eigenvalue weighted by Crippen LogP contribution is 2.29. The molecule has 2 heterocycles. The number of hydrogen-bond donors (Lipinski definition) is 1. The van der Waals surface area contributed by atoms with Gasteiger partial charge in [0.05, 0.1) is 5.56 Å². The lowest BCUT2D eigenvalue weighted by Gasteiger charge is -2.23. The molecule has 1 aliphatic heterocycles. The maximum Gasteiger partial charge on any atom is 0.147 e. The molecule has 0 bridgehead atoms. The Morgan fingerprint density at radius 1 is 1.59 bits per heavy atom. The molecule has 2 unspecified atom stereocenters. The van der Waals surface area contributed by atoms with Crippen molar-refractivity contribution in [3.05, 3.63) is 23.4 Å². The Bertz CT molecular complexity index is 449. The van der Waals surface area contributed by atoms with Gasteiger partial charge in [-0.1, -0.05) is 0 Å². The van der Waals surface area contributed by atoms with Crippen molar-refractivity contribution >= 4 is 5.82 Å². The molecule has 1 saturated heterocycles. The van der Waals surface area contributed by atoms with Gasteiger partial charge < -0.3 is 10.6 Å². The number of aromatic nitrogens is 1. The number of nitrogens with two attached hydrogens (primary N) is 1. The summed E-state index contributed by atoms with van der Waals surface area (Å²) in [7, 11) is 0. The number of rotatable bonds is 2. The lowest BCUT2D eigenvalue weighted by Crippen LogP contribution is -2.29. The van der Waals surface area contributed by atoms with Gasteiger partial charge in [-0.3, -0.25) is 0 Å². The molecule has 4 nitrogen and oxygen atoms in total.